The molecule has 1 unspecified atom stereocenters. The Labute approximate surface area is 178 Å². The quantitative estimate of drug-likeness (QED) is 0.790. The van der Waals surface area contributed by atoms with Crippen molar-refractivity contribution in [3.63, 3.8) is 0 Å². The van der Waals surface area contributed by atoms with Gasteiger partial charge in [0.15, 0.2) is 0 Å². The summed E-state index contributed by atoms with van der Waals surface area (Å²) in [4.78, 5) is 30.5. The van der Waals surface area contributed by atoms with Crippen molar-refractivity contribution >= 4 is 5.91 Å². The lowest BCUT2D eigenvalue weighted by atomic mass is 9.93. The van der Waals surface area contributed by atoms with Crippen LogP contribution in [0, 0.1) is 12.8 Å². The Bertz CT molecular complexity index is 804. The third-order valence-electron chi connectivity index (χ3n) is 6.33. The number of carbonyl (C=O) groups excluding carboxylic acids is 1. The molecule has 1 atom stereocenters. The van der Waals surface area contributed by atoms with Crippen molar-refractivity contribution in [1.29, 1.82) is 0 Å². The Morgan fingerprint density at radius 1 is 1.10 bits per heavy atom. The minimum atomic E-state index is 0.0955. The van der Waals surface area contributed by atoms with Crippen molar-refractivity contribution in [3.8, 4) is 0 Å². The van der Waals surface area contributed by atoms with E-state index >= 15 is 0 Å². The molecule has 2 aromatic heterocycles. The van der Waals surface area contributed by atoms with Crippen LogP contribution in [0.25, 0.3) is 0 Å². The fourth-order valence-corrected chi connectivity index (χ4v) is 4.59. The number of hydrogen-bond acceptors (Lipinski definition) is 6. The van der Waals surface area contributed by atoms with Gasteiger partial charge in [0.2, 0.25) is 5.91 Å². The number of aryl methyl sites for hydroxylation is 1. The van der Waals surface area contributed by atoms with E-state index in [-0.39, 0.29) is 11.8 Å². The monoisotopic (exact) mass is 408 g/mol. The molecule has 30 heavy (non-hydrogen) atoms. The summed E-state index contributed by atoms with van der Waals surface area (Å²) in [6.45, 7) is 7.58. The van der Waals surface area contributed by atoms with Crippen LogP contribution in [0.15, 0.2) is 36.9 Å². The van der Waals surface area contributed by atoms with Gasteiger partial charge in [0.25, 0.3) is 0 Å². The second-order valence-electron chi connectivity index (χ2n) is 8.56. The summed E-state index contributed by atoms with van der Waals surface area (Å²) in [5.74, 6) is 1.10. The lowest BCUT2D eigenvalue weighted by Gasteiger charge is -2.42. The molecule has 4 heterocycles. The summed E-state index contributed by atoms with van der Waals surface area (Å²) < 4.78 is 0. The topological polar surface area (TPSA) is 74.2 Å². The van der Waals surface area contributed by atoms with Crippen molar-refractivity contribution in [3.05, 3.63) is 53.9 Å². The number of carbonyl (C=O) groups is 1. The fourth-order valence-electron chi connectivity index (χ4n) is 4.59. The van der Waals surface area contributed by atoms with Gasteiger partial charge in [0.1, 0.15) is 5.82 Å². The summed E-state index contributed by atoms with van der Waals surface area (Å²) >= 11 is 0. The van der Waals surface area contributed by atoms with Gasteiger partial charge in [0.05, 0.1) is 5.92 Å². The molecule has 2 fully saturated rings. The van der Waals surface area contributed by atoms with E-state index < -0.39 is 0 Å². The fraction of sp³-hybridized carbons (Fsp3) is 0.565. The second-order valence-corrected chi connectivity index (χ2v) is 8.56. The zero-order chi connectivity index (χ0) is 20.8. The van der Waals surface area contributed by atoms with E-state index in [1.165, 1.54) is 5.56 Å². The lowest BCUT2D eigenvalue weighted by Crippen LogP contribution is -2.50. The maximum Gasteiger partial charge on any atom is 0.224 e. The molecule has 7 nitrogen and oxygen atoms in total. The van der Waals surface area contributed by atoms with E-state index in [4.69, 9.17) is 0 Å². The Morgan fingerprint density at radius 3 is 2.63 bits per heavy atom. The molecule has 0 spiro atoms. The summed E-state index contributed by atoms with van der Waals surface area (Å²) in [7, 11) is 0. The van der Waals surface area contributed by atoms with Crippen LogP contribution in [0.4, 0.5) is 0 Å². The molecule has 160 valence electrons. The molecule has 1 N–H and O–H groups in total. The first-order valence-electron chi connectivity index (χ1n) is 11.1. The molecule has 0 aromatic carbocycles. The first-order chi connectivity index (χ1) is 14.7. The smallest absolute Gasteiger partial charge is 0.224 e. The van der Waals surface area contributed by atoms with Crippen LogP contribution in [-0.4, -0.2) is 62.9 Å². The van der Waals surface area contributed by atoms with Crippen LogP contribution < -0.4 is 5.32 Å². The number of aromatic nitrogens is 3. The normalized spacial score (nSPS) is 21.4. The van der Waals surface area contributed by atoms with Crippen LogP contribution in [0.3, 0.4) is 0 Å². The highest BCUT2D eigenvalue weighted by molar-refractivity contribution is 5.78. The maximum absolute atomic E-state index is 12.7. The molecule has 2 aliphatic heterocycles. The van der Waals surface area contributed by atoms with E-state index in [0.29, 0.717) is 12.6 Å². The Morgan fingerprint density at radius 2 is 1.90 bits per heavy atom. The van der Waals surface area contributed by atoms with Crippen LogP contribution >= 0.6 is 0 Å². The van der Waals surface area contributed by atoms with Gasteiger partial charge < -0.3 is 5.32 Å². The molecular weight excluding hydrogens is 376 g/mol. The minimum Gasteiger partial charge on any atom is -0.352 e. The molecule has 2 saturated heterocycles. The number of nitrogens with zero attached hydrogens (tertiary/aromatic N) is 5. The van der Waals surface area contributed by atoms with Gasteiger partial charge in [0, 0.05) is 56.0 Å². The zero-order valence-electron chi connectivity index (χ0n) is 17.8. The standard InChI is InChI=1S/C23H32N6O/c1-18-25-14-20(15-26-18)16-28-10-6-22(7-11-28)29-9-3-5-21(17-29)23(30)27-13-19-4-2-8-24-12-19/h2,4,8,12,14-15,21-22H,3,5-7,9-11,13,16-17H2,1H3,(H,27,30). The van der Waals surface area contributed by atoms with Crippen LogP contribution in [0.5, 0.6) is 0 Å². The minimum absolute atomic E-state index is 0.0955. The number of hydrogen-bond donors (Lipinski definition) is 1. The van der Waals surface area contributed by atoms with Gasteiger partial charge in [-0.15, -0.1) is 0 Å². The van der Waals surface area contributed by atoms with E-state index in [0.717, 1.165) is 69.8 Å². The molecule has 7 heteroatoms. The van der Waals surface area contributed by atoms with Gasteiger partial charge in [-0.25, -0.2) is 9.97 Å². The Balaban J connectivity index is 1.23. The SMILES string of the molecule is Cc1ncc(CN2CCC(N3CCCC(C(=O)NCc4cccnc4)C3)CC2)cn1. The van der Waals surface area contributed by atoms with E-state index in [9.17, 15) is 4.79 Å². The average molecular weight is 409 g/mol. The third-order valence-corrected chi connectivity index (χ3v) is 6.33. The molecule has 4 rings (SSSR count). The maximum atomic E-state index is 12.7. The number of piperidine rings is 2. The van der Waals surface area contributed by atoms with Gasteiger partial charge >= 0.3 is 0 Å². The number of rotatable bonds is 6. The first kappa shape index (κ1) is 20.9. The van der Waals surface area contributed by atoms with Crippen molar-refractivity contribution in [2.75, 3.05) is 26.2 Å². The van der Waals surface area contributed by atoms with Gasteiger partial charge in [-0.05, 0) is 63.9 Å². The summed E-state index contributed by atoms with van der Waals surface area (Å²) in [5, 5.41) is 3.10. The predicted molar refractivity (Wildman–Crippen MR) is 115 cm³/mol. The van der Waals surface area contributed by atoms with Crippen molar-refractivity contribution in [1.82, 2.24) is 30.1 Å². The van der Waals surface area contributed by atoms with Crippen molar-refractivity contribution < 1.29 is 4.79 Å². The lowest BCUT2D eigenvalue weighted by molar-refractivity contribution is -0.127. The molecule has 1 amide bonds. The van der Waals surface area contributed by atoms with E-state index in [1.54, 1.807) is 6.20 Å². The average Bonchev–Trinajstić information content (AvgIpc) is 2.80. The van der Waals surface area contributed by atoms with Crippen molar-refractivity contribution in [2.45, 2.75) is 51.7 Å². The molecule has 2 aliphatic rings. The number of nitrogens with one attached hydrogen (secondary N) is 1. The molecule has 0 saturated carbocycles. The Kier molecular flexibility index (Phi) is 7.02. The summed E-state index contributed by atoms with van der Waals surface area (Å²) in [6, 6.07) is 4.49. The highest BCUT2D eigenvalue weighted by Crippen LogP contribution is 2.24. The van der Waals surface area contributed by atoms with E-state index in [2.05, 4.69) is 30.1 Å². The largest absolute Gasteiger partial charge is 0.352 e. The molecule has 0 aliphatic carbocycles. The van der Waals surface area contributed by atoms with Crippen LogP contribution in [0.2, 0.25) is 0 Å². The highest BCUT2D eigenvalue weighted by Gasteiger charge is 2.31. The summed E-state index contributed by atoms with van der Waals surface area (Å²) in [5.41, 5.74) is 2.23. The van der Waals surface area contributed by atoms with Crippen LogP contribution in [-0.2, 0) is 17.9 Å². The molecule has 0 bridgehead atoms. The second kappa shape index (κ2) is 10.1. The molecule has 2 aromatic rings. The Hall–Kier alpha value is -2.38. The van der Waals surface area contributed by atoms with Gasteiger partial charge in [-0.2, -0.15) is 0 Å². The summed E-state index contributed by atoms with van der Waals surface area (Å²) in [6.07, 6.45) is 11.9. The predicted octanol–water partition coefficient (Wildman–Crippen LogP) is 2.17. The van der Waals surface area contributed by atoms with Crippen LogP contribution in [0.1, 0.15) is 42.6 Å². The number of amides is 1. The molecule has 0 radical (unpaired) electrons. The van der Waals surface area contributed by atoms with Gasteiger partial charge in [-0.3, -0.25) is 19.6 Å². The number of likely N-dealkylation sites (tertiary alicyclic amines) is 2. The zero-order valence-corrected chi connectivity index (χ0v) is 17.8. The van der Waals surface area contributed by atoms with E-state index in [1.807, 2.05) is 37.6 Å². The highest BCUT2D eigenvalue weighted by atomic mass is 16.1. The first-order valence-corrected chi connectivity index (χ1v) is 11.1. The number of pyridine rings is 1. The van der Waals surface area contributed by atoms with Gasteiger partial charge in [-0.1, -0.05) is 6.07 Å². The molecular formula is C23H32N6O. The third kappa shape index (κ3) is 5.61. The van der Waals surface area contributed by atoms with Crippen molar-refractivity contribution in [2.24, 2.45) is 5.92 Å².